The summed E-state index contributed by atoms with van der Waals surface area (Å²) >= 11 is 1.86. The molecule has 0 bridgehead atoms. The van der Waals surface area contributed by atoms with Crippen molar-refractivity contribution in [2.75, 3.05) is 0 Å². The molecule has 0 radical (unpaired) electrons. The van der Waals surface area contributed by atoms with E-state index < -0.39 is 0 Å². The van der Waals surface area contributed by atoms with Gasteiger partial charge in [0.25, 0.3) is 0 Å². The van der Waals surface area contributed by atoms with Crippen LogP contribution in [0.15, 0.2) is 144 Å². The molecule has 0 aliphatic heterocycles. The van der Waals surface area contributed by atoms with Gasteiger partial charge >= 0.3 is 0 Å². The number of furan rings is 1. The molecule has 0 amide bonds. The quantitative estimate of drug-likeness (QED) is 0.183. The molecule has 10 aromatic rings. The van der Waals surface area contributed by atoms with E-state index in [1.807, 2.05) is 59.9 Å². The Morgan fingerprint density at radius 1 is 0.463 bits per heavy atom. The molecular weight excluding hydrogens is 679 g/mol. The lowest BCUT2D eigenvalue weighted by Gasteiger charge is -2.49. The first-order valence-corrected chi connectivity index (χ1v) is 19.3. The van der Waals surface area contributed by atoms with E-state index >= 15 is 0 Å². The molecule has 0 fully saturated rings. The standard InChI is InChI=1S/C49H35N3OS/c1-48(2)38-27-42-37(26-35(38)32-23-21-28-13-8-9-16-31(28)44(32)49(48,3)4)36-25-30(22-24-41(36)54-42)46-50-45(29-14-6-5-7-15-29)51-47(52-46)34-18-12-20-40-43(34)33-17-10-11-19-39(33)53-40/h5-27H,1-4H3. The lowest BCUT2D eigenvalue weighted by atomic mass is 9.54. The number of benzene rings is 7. The number of hydrogen-bond acceptors (Lipinski definition) is 5. The average molecular weight is 714 g/mol. The number of rotatable bonds is 3. The highest BCUT2D eigenvalue weighted by Crippen LogP contribution is 2.57. The van der Waals surface area contributed by atoms with E-state index in [0.29, 0.717) is 17.5 Å². The van der Waals surface area contributed by atoms with Crippen LogP contribution < -0.4 is 0 Å². The molecule has 258 valence electrons. The van der Waals surface area contributed by atoms with Gasteiger partial charge in [-0.05, 0) is 80.9 Å². The fourth-order valence-corrected chi connectivity index (χ4v) is 9.93. The first-order chi connectivity index (χ1) is 26.3. The second-order valence-electron chi connectivity index (χ2n) is 15.6. The van der Waals surface area contributed by atoms with Crippen LogP contribution in [0.1, 0.15) is 38.8 Å². The highest BCUT2D eigenvalue weighted by atomic mass is 32.1. The molecule has 0 saturated carbocycles. The molecule has 7 aromatic carbocycles. The van der Waals surface area contributed by atoms with E-state index in [1.54, 1.807) is 0 Å². The molecular formula is C49H35N3OS. The highest BCUT2D eigenvalue weighted by Gasteiger charge is 2.47. The molecule has 0 saturated heterocycles. The zero-order valence-electron chi connectivity index (χ0n) is 30.4. The fourth-order valence-electron chi connectivity index (χ4n) is 8.82. The van der Waals surface area contributed by atoms with Crippen LogP contribution in [-0.2, 0) is 10.8 Å². The Labute approximate surface area is 316 Å². The number of para-hydroxylation sites is 1. The van der Waals surface area contributed by atoms with Crippen LogP contribution in [0.25, 0.3) is 98.2 Å². The van der Waals surface area contributed by atoms with Crippen molar-refractivity contribution in [3.8, 4) is 45.3 Å². The minimum absolute atomic E-state index is 0.0757. The SMILES string of the molecule is CC1(C)c2cc3sc4ccc(-c5nc(-c6ccccc6)nc(-c6cccc7oc8ccccc8c67)n5)cc4c3cc2-c2ccc3ccccc3c2C1(C)C. The van der Waals surface area contributed by atoms with Gasteiger partial charge in [-0.3, -0.25) is 0 Å². The molecule has 3 heterocycles. The lowest BCUT2D eigenvalue weighted by Crippen LogP contribution is -2.43. The number of aromatic nitrogens is 3. The molecule has 54 heavy (non-hydrogen) atoms. The van der Waals surface area contributed by atoms with Crippen molar-refractivity contribution in [1.82, 2.24) is 15.0 Å². The first kappa shape index (κ1) is 31.4. The monoisotopic (exact) mass is 713 g/mol. The highest BCUT2D eigenvalue weighted by molar-refractivity contribution is 7.25. The van der Waals surface area contributed by atoms with Gasteiger partial charge < -0.3 is 4.42 Å². The van der Waals surface area contributed by atoms with Crippen molar-refractivity contribution >= 4 is 64.2 Å². The zero-order chi connectivity index (χ0) is 36.3. The van der Waals surface area contributed by atoms with Gasteiger partial charge in [0.1, 0.15) is 11.2 Å². The van der Waals surface area contributed by atoms with Gasteiger partial charge in [-0.25, -0.2) is 15.0 Å². The minimum atomic E-state index is -0.0900. The molecule has 5 heteroatoms. The van der Waals surface area contributed by atoms with Crippen molar-refractivity contribution in [3.05, 3.63) is 151 Å². The average Bonchev–Trinajstić information content (AvgIpc) is 3.77. The van der Waals surface area contributed by atoms with E-state index in [1.165, 1.54) is 53.2 Å². The second kappa shape index (κ2) is 11.2. The van der Waals surface area contributed by atoms with Gasteiger partial charge in [-0.2, -0.15) is 0 Å². The van der Waals surface area contributed by atoms with Crippen molar-refractivity contribution < 1.29 is 4.42 Å². The van der Waals surface area contributed by atoms with E-state index in [2.05, 4.69) is 119 Å². The maximum absolute atomic E-state index is 6.26. The van der Waals surface area contributed by atoms with E-state index in [-0.39, 0.29) is 10.8 Å². The largest absolute Gasteiger partial charge is 0.456 e. The van der Waals surface area contributed by atoms with Crippen LogP contribution in [0.4, 0.5) is 0 Å². The van der Waals surface area contributed by atoms with Crippen molar-refractivity contribution in [3.63, 3.8) is 0 Å². The molecule has 0 N–H and O–H groups in total. The summed E-state index contributed by atoms with van der Waals surface area (Å²) in [5.74, 6) is 1.90. The van der Waals surface area contributed by atoms with E-state index in [0.717, 1.165) is 38.6 Å². The molecule has 4 nitrogen and oxygen atoms in total. The predicted octanol–water partition coefficient (Wildman–Crippen LogP) is 13.5. The van der Waals surface area contributed by atoms with Gasteiger partial charge in [-0.15, -0.1) is 11.3 Å². The Balaban J connectivity index is 1.14. The van der Waals surface area contributed by atoms with Crippen molar-refractivity contribution in [1.29, 1.82) is 0 Å². The van der Waals surface area contributed by atoms with Crippen LogP contribution in [0.3, 0.4) is 0 Å². The normalized spacial score (nSPS) is 14.6. The maximum Gasteiger partial charge on any atom is 0.164 e. The lowest BCUT2D eigenvalue weighted by molar-refractivity contribution is 0.301. The Kier molecular flexibility index (Phi) is 6.49. The van der Waals surface area contributed by atoms with E-state index in [9.17, 15) is 0 Å². The molecule has 0 unspecified atom stereocenters. The molecule has 1 aliphatic carbocycles. The third-order valence-electron chi connectivity index (χ3n) is 12.3. The molecule has 3 aromatic heterocycles. The summed E-state index contributed by atoms with van der Waals surface area (Å²) in [5, 5.41) is 7.16. The Morgan fingerprint density at radius 2 is 1.17 bits per heavy atom. The summed E-state index contributed by atoms with van der Waals surface area (Å²) in [6.45, 7) is 9.68. The topological polar surface area (TPSA) is 51.8 Å². The maximum atomic E-state index is 6.26. The smallest absolute Gasteiger partial charge is 0.164 e. The van der Waals surface area contributed by atoms with Crippen LogP contribution in [-0.4, -0.2) is 15.0 Å². The number of nitrogens with zero attached hydrogens (tertiary/aromatic N) is 3. The van der Waals surface area contributed by atoms with Crippen molar-refractivity contribution in [2.24, 2.45) is 0 Å². The van der Waals surface area contributed by atoms with Gasteiger partial charge in [0.05, 0.1) is 0 Å². The predicted molar refractivity (Wildman–Crippen MR) is 225 cm³/mol. The Bertz CT molecular complexity index is 3170. The third-order valence-corrected chi connectivity index (χ3v) is 13.4. The van der Waals surface area contributed by atoms with Gasteiger partial charge in [0.2, 0.25) is 0 Å². The summed E-state index contributed by atoms with van der Waals surface area (Å²) < 4.78 is 8.81. The van der Waals surface area contributed by atoms with Crippen LogP contribution >= 0.6 is 11.3 Å². The van der Waals surface area contributed by atoms with Gasteiger partial charge in [-0.1, -0.05) is 125 Å². The number of hydrogen-bond donors (Lipinski definition) is 0. The number of thiophene rings is 1. The Hall–Kier alpha value is -6.17. The van der Waals surface area contributed by atoms with Crippen LogP contribution in [0, 0.1) is 0 Å². The van der Waals surface area contributed by atoms with Crippen LogP contribution in [0.5, 0.6) is 0 Å². The molecule has 1 aliphatic rings. The third kappa shape index (κ3) is 4.39. The molecule has 0 spiro atoms. The minimum Gasteiger partial charge on any atom is -0.456 e. The summed E-state index contributed by atoms with van der Waals surface area (Å²) in [6.07, 6.45) is 0. The van der Waals surface area contributed by atoms with E-state index in [4.69, 9.17) is 19.4 Å². The molecule has 0 atom stereocenters. The van der Waals surface area contributed by atoms with Gasteiger partial charge in [0, 0.05) is 53.1 Å². The summed E-state index contributed by atoms with van der Waals surface area (Å²) in [7, 11) is 0. The first-order valence-electron chi connectivity index (χ1n) is 18.5. The summed E-state index contributed by atoms with van der Waals surface area (Å²) in [4.78, 5) is 15.4. The summed E-state index contributed by atoms with van der Waals surface area (Å²) in [6, 6.07) is 49.5. The van der Waals surface area contributed by atoms with Crippen molar-refractivity contribution in [2.45, 2.75) is 38.5 Å². The zero-order valence-corrected chi connectivity index (χ0v) is 31.3. The second-order valence-corrected chi connectivity index (χ2v) is 16.7. The Morgan fingerprint density at radius 3 is 2.02 bits per heavy atom. The fraction of sp³-hybridized carbons (Fsp3) is 0.122. The van der Waals surface area contributed by atoms with Gasteiger partial charge in [0.15, 0.2) is 17.5 Å². The molecule has 11 rings (SSSR count). The summed E-state index contributed by atoms with van der Waals surface area (Å²) in [5.41, 5.74) is 9.81. The van der Waals surface area contributed by atoms with Crippen LogP contribution in [0.2, 0.25) is 0 Å². The number of fused-ring (bicyclic) bond motifs is 11.